The third kappa shape index (κ3) is 3.22. The van der Waals surface area contributed by atoms with Crippen LogP contribution in [0.25, 0.3) is 0 Å². The van der Waals surface area contributed by atoms with Gasteiger partial charge in [0, 0.05) is 31.2 Å². The number of benzene rings is 2. The van der Waals surface area contributed by atoms with E-state index in [-0.39, 0.29) is 11.9 Å². The molecule has 0 fully saturated rings. The molecular formula is C21H22N6O. The van der Waals surface area contributed by atoms with Crippen LogP contribution in [-0.4, -0.2) is 34.8 Å². The third-order valence-electron chi connectivity index (χ3n) is 4.80. The zero-order valence-corrected chi connectivity index (χ0v) is 16.0. The van der Waals surface area contributed by atoms with Crippen molar-refractivity contribution in [1.29, 1.82) is 0 Å². The van der Waals surface area contributed by atoms with Crippen LogP contribution in [0, 0.1) is 0 Å². The van der Waals surface area contributed by atoms with Gasteiger partial charge in [0.05, 0.1) is 5.57 Å². The van der Waals surface area contributed by atoms with Gasteiger partial charge in [-0.1, -0.05) is 30.3 Å². The highest BCUT2D eigenvalue weighted by atomic mass is 16.1. The maximum atomic E-state index is 13.2. The Balaban J connectivity index is 1.75. The van der Waals surface area contributed by atoms with Crippen molar-refractivity contribution in [3.8, 4) is 0 Å². The summed E-state index contributed by atoms with van der Waals surface area (Å²) < 4.78 is 1.75. The summed E-state index contributed by atoms with van der Waals surface area (Å²) in [4.78, 5) is 19.5. The van der Waals surface area contributed by atoms with Crippen LogP contribution in [0.3, 0.4) is 0 Å². The molecule has 2 aromatic carbocycles. The van der Waals surface area contributed by atoms with Crippen molar-refractivity contribution in [2.45, 2.75) is 13.0 Å². The van der Waals surface area contributed by atoms with E-state index < -0.39 is 0 Å². The molecule has 0 aliphatic carbocycles. The second-order valence-corrected chi connectivity index (χ2v) is 6.90. The van der Waals surface area contributed by atoms with Crippen molar-refractivity contribution >= 4 is 23.2 Å². The van der Waals surface area contributed by atoms with Crippen LogP contribution in [0.4, 0.5) is 17.3 Å². The molecule has 2 N–H and O–H groups in total. The number of hydrogen-bond donors (Lipinski definition) is 2. The number of allylic oxidation sites excluding steroid dienone is 1. The molecule has 28 heavy (non-hydrogen) atoms. The Kier molecular flexibility index (Phi) is 4.57. The molecule has 0 saturated heterocycles. The van der Waals surface area contributed by atoms with Crippen molar-refractivity contribution in [1.82, 2.24) is 14.8 Å². The molecule has 0 spiro atoms. The number of carbonyl (C=O) groups excluding carboxylic acids is 1. The van der Waals surface area contributed by atoms with Crippen LogP contribution in [-0.2, 0) is 4.79 Å². The number of aromatic nitrogens is 3. The number of para-hydroxylation sites is 1. The second-order valence-electron chi connectivity index (χ2n) is 6.90. The highest BCUT2D eigenvalue weighted by Crippen LogP contribution is 2.35. The fourth-order valence-electron chi connectivity index (χ4n) is 3.37. The number of rotatable bonds is 4. The Labute approximate surface area is 163 Å². The van der Waals surface area contributed by atoms with Gasteiger partial charge in [-0.3, -0.25) is 4.79 Å². The van der Waals surface area contributed by atoms with Crippen LogP contribution in [0.2, 0.25) is 0 Å². The number of anilines is 3. The SMILES string of the molecule is CC1=C(C(=O)Nc2ccccc2)C(c2ccc(N(C)C)cc2)n2ncnc2N1. The molecule has 3 aromatic rings. The van der Waals surface area contributed by atoms with Gasteiger partial charge < -0.3 is 15.5 Å². The Morgan fingerprint density at radius 3 is 2.50 bits per heavy atom. The van der Waals surface area contributed by atoms with Gasteiger partial charge in [-0.25, -0.2) is 4.68 Å². The molecule has 4 rings (SSSR count). The van der Waals surface area contributed by atoms with Gasteiger partial charge in [0.15, 0.2) is 0 Å². The van der Waals surface area contributed by atoms with Crippen molar-refractivity contribution in [3.05, 3.63) is 77.8 Å². The summed E-state index contributed by atoms with van der Waals surface area (Å²) in [6.07, 6.45) is 1.49. The summed E-state index contributed by atoms with van der Waals surface area (Å²) >= 11 is 0. The molecule has 0 radical (unpaired) electrons. The molecule has 2 heterocycles. The van der Waals surface area contributed by atoms with Crippen molar-refractivity contribution in [2.75, 3.05) is 29.6 Å². The number of amides is 1. The average molecular weight is 374 g/mol. The van der Waals surface area contributed by atoms with E-state index in [2.05, 4.69) is 20.7 Å². The van der Waals surface area contributed by atoms with Crippen molar-refractivity contribution in [3.63, 3.8) is 0 Å². The molecule has 7 nitrogen and oxygen atoms in total. The van der Waals surface area contributed by atoms with Crippen LogP contribution in [0.15, 0.2) is 72.2 Å². The zero-order valence-electron chi connectivity index (χ0n) is 16.0. The van der Waals surface area contributed by atoms with Gasteiger partial charge in [-0.2, -0.15) is 10.1 Å². The first-order valence-electron chi connectivity index (χ1n) is 9.05. The maximum Gasteiger partial charge on any atom is 0.255 e. The van der Waals surface area contributed by atoms with E-state index in [0.717, 1.165) is 22.6 Å². The summed E-state index contributed by atoms with van der Waals surface area (Å²) in [5, 5.41) is 10.5. The maximum absolute atomic E-state index is 13.2. The highest BCUT2D eigenvalue weighted by Gasteiger charge is 2.33. The lowest BCUT2D eigenvalue weighted by Gasteiger charge is -2.29. The monoisotopic (exact) mass is 374 g/mol. The number of hydrogen-bond acceptors (Lipinski definition) is 5. The quantitative estimate of drug-likeness (QED) is 0.733. The van der Waals surface area contributed by atoms with Crippen molar-refractivity contribution in [2.24, 2.45) is 0 Å². The van der Waals surface area contributed by atoms with Gasteiger partial charge in [-0.15, -0.1) is 0 Å². The minimum Gasteiger partial charge on any atom is -0.378 e. The van der Waals surface area contributed by atoms with Gasteiger partial charge in [-0.05, 0) is 36.8 Å². The van der Waals surface area contributed by atoms with Crippen LogP contribution >= 0.6 is 0 Å². The summed E-state index contributed by atoms with van der Waals surface area (Å²) in [7, 11) is 4.00. The number of fused-ring (bicyclic) bond motifs is 1. The van der Waals surface area contributed by atoms with E-state index in [0.29, 0.717) is 11.5 Å². The first-order valence-corrected chi connectivity index (χ1v) is 9.05. The summed E-state index contributed by atoms with van der Waals surface area (Å²) in [6, 6.07) is 17.2. The standard InChI is InChI=1S/C21H22N6O/c1-14-18(20(28)25-16-7-5-4-6-8-16)19(27-21(24-14)22-13-23-27)15-9-11-17(12-10-15)26(2)3/h4-13,19H,1-3H3,(H,25,28)(H,22,23,24). The molecule has 7 heteroatoms. The fraction of sp³-hybridized carbons (Fsp3) is 0.190. The Morgan fingerprint density at radius 1 is 1.11 bits per heavy atom. The van der Waals surface area contributed by atoms with Gasteiger partial charge >= 0.3 is 0 Å². The first kappa shape index (κ1) is 17.8. The molecule has 0 bridgehead atoms. The van der Waals surface area contributed by atoms with Gasteiger partial charge in [0.25, 0.3) is 5.91 Å². The summed E-state index contributed by atoms with van der Waals surface area (Å²) in [5.41, 5.74) is 4.18. The lowest BCUT2D eigenvalue weighted by atomic mass is 9.94. The van der Waals surface area contributed by atoms with Gasteiger partial charge in [0.1, 0.15) is 12.4 Å². The fourth-order valence-corrected chi connectivity index (χ4v) is 3.37. The Morgan fingerprint density at radius 2 is 1.82 bits per heavy atom. The predicted molar refractivity (Wildman–Crippen MR) is 110 cm³/mol. The Hall–Kier alpha value is -3.61. The van der Waals surface area contributed by atoms with Crippen LogP contribution < -0.4 is 15.5 Å². The normalized spacial score (nSPS) is 15.6. The molecule has 1 atom stereocenters. The van der Waals surface area contributed by atoms with Crippen LogP contribution in [0.5, 0.6) is 0 Å². The molecule has 1 aliphatic rings. The lowest BCUT2D eigenvalue weighted by Crippen LogP contribution is -2.31. The van der Waals surface area contributed by atoms with E-state index in [4.69, 9.17) is 0 Å². The Bertz CT molecular complexity index is 1020. The lowest BCUT2D eigenvalue weighted by molar-refractivity contribution is -0.113. The minimum absolute atomic E-state index is 0.168. The average Bonchev–Trinajstić information content (AvgIpc) is 3.15. The highest BCUT2D eigenvalue weighted by molar-refractivity contribution is 6.06. The van der Waals surface area contributed by atoms with E-state index in [1.54, 1.807) is 4.68 Å². The second kappa shape index (κ2) is 7.19. The molecule has 1 amide bonds. The first-order chi connectivity index (χ1) is 13.5. The molecular weight excluding hydrogens is 352 g/mol. The summed E-state index contributed by atoms with van der Waals surface area (Å²) in [6.45, 7) is 1.89. The molecule has 1 aliphatic heterocycles. The molecule has 1 aromatic heterocycles. The van der Waals surface area contributed by atoms with Gasteiger partial charge in [0.2, 0.25) is 5.95 Å². The molecule has 142 valence electrons. The number of nitrogens with one attached hydrogen (secondary N) is 2. The van der Waals surface area contributed by atoms with E-state index >= 15 is 0 Å². The number of nitrogens with zero attached hydrogens (tertiary/aromatic N) is 4. The topological polar surface area (TPSA) is 75.1 Å². The summed E-state index contributed by atoms with van der Waals surface area (Å²) in [5.74, 6) is 0.453. The largest absolute Gasteiger partial charge is 0.378 e. The van der Waals surface area contributed by atoms with Crippen molar-refractivity contribution < 1.29 is 4.79 Å². The minimum atomic E-state index is -0.362. The van der Waals surface area contributed by atoms with E-state index in [1.807, 2.05) is 80.5 Å². The molecule has 1 unspecified atom stereocenters. The van der Waals surface area contributed by atoms with Crippen LogP contribution in [0.1, 0.15) is 18.5 Å². The van der Waals surface area contributed by atoms with E-state index in [9.17, 15) is 4.79 Å². The zero-order chi connectivity index (χ0) is 19.7. The molecule has 0 saturated carbocycles. The smallest absolute Gasteiger partial charge is 0.255 e. The predicted octanol–water partition coefficient (Wildman–Crippen LogP) is 3.27. The number of carbonyl (C=O) groups is 1. The van der Waals surface area contributed by atoms with E-state index in [1.165, 1.54) is 6.33 Å². The third-order valence-corrected chi connectivity index (χ3v) is 4.80.